The maximum absolute atomic E-state index is 12.6. The van der Waals surface area contributed by atoms with Crippen molar-refractivity contribution in [1.29, 1.82) is 0 Å². The van der Waals surface area contributed by atoms with Crippen molar-refractivity contribution < 1.29 is 23.7 Å². The third-order valence-corrected chi connectivity index (χ3v) is 3.92. The van der Waals surface area contributed by atoms with Crippen LogP contribution in [0.1, 0.15) is 27.8 Å². The highest BCUT2D eigenvalue weighted by molar-refractivity contribution is 6.06. The van der Waals surface area contributed by atoms with Crippen molar-refractivity contribution in [2.24, 2.45) is 0 Å². The number of carbonyl (C=O) groups is 2. The van der Waals surface area contributed by atoms with Gasteiger partial charge < -0.3 is 9.15 Å². The lowest BCUT2D eigenvalue weighted by atomic mass is 9.98. The maximum Gasteiger partial charge on any atom is 0.342 e. The zero-order valence-electron chi connectivity index (χ0n) is 14.4. The largest absolute Gasteiger partial charge is 0.462 e. The fourth-order valence-corrected chi connectivity index (χ4v) is 2.76. The Hall–Kier alpha value is -3.74. The van der Waals surface area contributed by atoms with Gasteiger partial charge in [0.15, 0.2) is 12.0 Å². The summed E-state index contributed by atoms with van der Waals surface area (Å²) < 4.78 is 10.8. The van der Waals surface area contributed by atoms with E-state index in [4.69, 9.17) is 9.15 Å². The fraction of sp³-hybridized carbons (Fsp3) is 0.100. The lowest BCUT2D eigenvalue weighted by molar-refractivity contribution is -0.384. The van der Waals surface area contributed by atoms with E-state index in [-0.39, 0.29) is 34.9 Å². The molecule has 27 heavy (non-hydrogen) atoms. The van der Waals surface area contributed by atoms with E-state index in [2.05, 4.69) is 0 Å². The van der Waals surface area contributed by atoms with E-state index in [0.717, 1.165) is 0 Å². The number of nitrogens with zero attached hydrogens (tertiary/aromatic N) is 1. The Morgan fingerprint density at radius 2 is 1.78 bits per heavy atom. The smallest absolute Gasteiger partial charge is 0.342 e. The maximum atomic E-state index is 12.6. The van der Waals surface area contributed by atoms with Crippen molar-refractivity contribution in [3.8, 4) is 22.5 Å². The summed E-state index contributed by atoms with van der Waals surface area (Å²) in [4.78, 5) is 34.6. The zero-order chi connectivity index (χ0) is 19.4. The Balaban J connectivity index is 2.25. The molecule has 0 aliphatic carbocycles. The van der Waals surface area contributed by atoms with Crippen LogP contribution in [0.3, 0.4) is 0 Å². The van der Waals surface area contributed by atoms with E-state index in [1.54, 1.807) is 31.2 Å². The summed E-state index contributed by atoms with van der Waals surface area (Å²) in [6, 6.07) is 14.4. The summed E-state index contributed by atoms with van der Waals surface area (Å²) in [7, 11) is 0. The molecule has 3 aromatic rings. The summed E-state index contributed by atoms with van der Waals surface area (Å²) in [6.45, 7) is 1.82. The third kappa shape index (κ3) is 3.48. The minimum Gasteiger partial charge on any atom is -0.462 e. The number of carbonyl (C=O) groups excluding carboxylic acids is 2. The molecule has 0 radical (unpaired) electrons. The van der Waals surface area contributed by atoms with Gasteiger partial charge in [-0.1, -0.05) is 30.3 Å². The minimum atomic E-state index is -0.637. The molecule has 136 valence electrons. The Morgan fingerprint density at radius 3 is 2.33 bits per heavy atom. The second-order valence-corrected chi connectivity index (χ2v) is 5.55. The van der Waals surface area contributed by atoms with Gasteiger partial charge in [0.25, 0.3) is 5.69 Å². The second kappa shape index (κ2) is 7.65. The summed E-state index contributed by atoms with van der Waals surface area (Å²) in [5.74, 6) is -0.475. The zero-order valence-corrected chi connectivity index (χ0v) is 14.4. The van der Waals surface area contributed by atoms with Gasteiger partial charge in [0.1, 0.15) is 11.3 Å². The minimum absolute atomic E-state index is 0.0502. The second-order valence-electron chi connectivity index (χ2n) is 5.55. The molecule has 0 fully saturated rings. The summed E-state index contributed by atoms with van der Waals surface area (Å²) in [5, 5.41) is 10.9. The predicted molar refractivity (Wildman–Crippen MR) is 97.6 cm³/mol. The topological polar surface area (TPSA) is 99.7 Å². The number of nitro benzene ring substituents is 1. The van der Waals surface area contributed by atoms with Crippen molar-refractivity contribution in [1.82, 2.24) is 0 Å². The molecular formula is C20H15NO6. The molecule has 0 aliphatic heterocycles. The first-order valence-corrected chi connectivity index (χ1v) is 8.16. The van der Waals surface area contributed by atoms with E-state index < -0.39 is 10.9 Å². The molecule has 0 aliphatic rings. The Morgan fingerprint density at radius 1 is 1.11 bits per heavy atom. The molecule has 0 saturated carbocycles. The number of esters is 1. The highest BCUT2D eigenvalue weighted by Gasteiger charge is 2.28. The molecule has 0 N–H and O–H groups in total. The van der Waals surface area contributed by atoms with Crippen LogP contribution in [0.2, 0.25) is 0 Å². The average Bonchev–Trinajstić information content (AvgIpc) is 3.08. The van der Waals surface area contributed by atoms with Gasteiger partial charge >= 0.3 is 5.97 Å². The predicted octanol–water partition coefficient (Wildman–Crippen LogP) is 4.51. The molecule has 3 rings (SSSR count). The first-order chi connectivity index (χ1) is 13.1. The summed E-state index contributed by atoms with van der Waals surface area (Å²) in [6.07, 6.45) is 0.506. The molecule has 0 spiro atoms. The first-order valence-electron chi connectivity index (χ1n) is 8.16. The number of aldehydes is 1. The highest BCUT2D eigenvalue weighted by Crippen LogP contribution is 2.38. The third-order valence-electron chi connectivity index (χ3n) is 3.92. The number of furan rings is 1. The van der Waals surface area contributed by atoms with Gasteiger partial charge in [0, 0.05) is 23.3 Å². The van der Waals surface area contributed by atoms with Crippen molar-refractivity contribution >= 4 is 17.9 Å². The summed E-state index contributed by atoms with van der Waals surface area (Å²) >= 11 is 0. The van der Waals surface area contributed by atoms with Crippen LogP contribution in [0.4, 0.5) is 5.69 Å². The Kier molecular flexibility index (Phi) is 5.12. The van der Waals surface area contributed by atoms with Gasteiger partial charge in [-0.3, -0.25) is 14.9 Å². The van der Waals surface area contributed by atoms with Crippen LogP contribution in [-0.4, -0.2) is 23.8 Å². The molecule has 2 aromatic carbocycles. The lowest BCUT2D eigenvalue weighted by Crippen LogP contribution is -2.06. The van der Waals surface area contributed by atoms with Gasteiger partial charge in [0.2, 0.25) is 0 Å². The van der Waals surface area contributed by atoms with Gasteiger partial charge in [-0.05, 0) is 24.6 Å². The van der Waals surface area contributed by atoms with Gasteiger partial charge in [-0.15, -0.1) is 0 Å². The molecule has 0 atom stereocenters. The number of benzene rings is 2. The van der Waals surface area contributed by atoms with E-state index in [1.807, 2.05) is 6.07 Å². The molecule has 7 heteroatoms. The standard InChI is InChI=1S/C20H15NO6/c1-2-26-20(23)18-17(13-8-10-15(11-9-13)21(24)25)16(12-22)27-19(18)14-6-4-3-5-7-14/h3-12H,2H2,1H3. The molecule has 0 amide bonds. The SMILES string of the molecule is CCOC(=O)c1c(-c2ccccc2)oc(C=O)c1-c1ccc([N+](=O)[O-])cc1. The number of ether oxygens (including phenoxy) is 1. The molecule has 0 saturated heterocycles. The van der Waals surface area contributed by atoms with Crippen LogP contribution < -0.4 is 0 Å². The van der Waals surface area contributed by atoms with Gasteiger partial charge in [-0.25, -0.2) is 4.79 Å². The molecule has 0 bridgehead atoms. The molecule has 1 aromatic heterocycles. The van der Waals surface area contributed by atoms with Crippen LogP contribution in [0.5, 0.6) is 0 Å². The van der Waals surface area contributed by atoms with E-state index in [9.17, 15) is 19.7 Å². The number of non-ortho nitro benzene ring substituents is 1. The van der Waals surface area contributed by atoms with Crippen LogP contribution in [0.25, 0.3) is 22.5 Å². The van der Waals surface area contributed by atoms with Crippen LogP contribution >= 0.6 is 0 Å². The number of nitro groups is 1. The Labute approximate surface area is 154 Å². The summed E-state index contributed by atoms with van der Waals surface area (Å²) in [5.41, 5.74) is 1.31. The number of hydrogen-bond acceptors (Lipinski definition) is 6. The fourth-order valence-electron chi connectivity index (χ4n) is 2.76. The highest BCUT2D eigenvalue weighted by atomic mass is 16.6. The molecular weight excluding hydrogens is 350 g/mol. The molecule has 0 unspecified atom stereocenters. The average molecular weight is 365 g/mol. The quantitative estimate of drug-likeness (QED) is 0.276. The van der Waals surface area contributed by atoms with Crippen molar-refractivity contribution in [2.45, 2.75) is 6.92 Å². The first kappa shape index (κ1) is 18.1. The Bertz CT molecular complexity index is 989. The number of rotatable bonds is 6. The van der Waals surface area contributed by atoms with E-state index in [0.29, 0.717) is 17.4 Å². The van der Waals surface area contributed by atoms with Crippen molar-refractivity contribution in [2.75, 3.05) is 6.61 Å². The van der Waals surface area contributed by atoms with Crippen molar-refractivity contribution in [3.05, 3.63) is 76.0 Å². The molecule has 7 nitrogen and oxygen atoms in total. The molecule has 1 heterocycles. The van der Waals surface area contributed by atoms with Gasteiger partial charge in [-0.2, -0.15) is 0 Å². The van der Waals surface area contributed by atoms with E-state index >= 15 is 0 Å². The monoisotopic (exact) mass is 365 g/mol. The van der Waals surface area contributed by atoms with Crippen LogP contribution in [-0.2, 0) is 4.74 Å². The van der Waals surface area contributed by atoms with Crippen molar-refractivity contribution in [3.63, 3.8) is 0 Å². The normalized spacial score (nSPS) is 10.4. The van der Waals surface area contributed by atoms with Crippen LogP contribution in [0, 0.1) is 10.1 Å². The number of hydrogen-bond donors (Lipinski definition) is 0. The van der Waals surface area contributed by atoms with E-state index in [1.165, 1.54) is 24.3 Å². The van der Waals surface area contributed by atoms with Crippen LogP contribution in [0.15, 0.2) is 59.0 Å². The lowest BCUT2D eigenvalue weighted by Gasteiger charge is -2.06. The van der Waals surface area contributed by atoms with Gasteiger partial charge in [0.05, 0.1) is 11.5 Å².